The minimum absolute atomic E-state index is 0.00518. The molecule has 2 aromatic rings. The van der Waals surface area contributed by atoms with Crippen molar-refractivity contribution in [1.82, 2.24) is 30.4 Å². The number of amides is 3. The third-order valence-corrected chi connectivity index (χ3v) is 8.17. The van der Waals surface area contributed by atoms with E-state index in [0.717, 1.165) is 42.7 Å². The zero-order valence-electron chi connectivity index (χ0n) is 21.6. The molecule has 2 aromatic heterocycles. The number of nitrogens with zero attached hydrogens (tertiary/aromatic N) is 4. The lowest BCUT2D eigenvalue weighted by Crippen LogP contribution is -2.56. The van der Waals surface area contributed by atoms with Crippen molar-refractivity contribution < 1.29 is 18.8 Å². The number of halogens is 1. The van der Waals surface area contributed by atoms with Crippen molar-refractivity contribution in [1.29, 1.82) is 0 Å². The summed E-state index contributed by atoms with van der Waals surface area (Å²) in [5.74, 6) is -1.51. The standard InChI is InChI=1S/C25H32FN7O3S2/c1-32(2)25(36)14-6-8-16(29-23(37)21(34)31-20-9-7-15(26)12-27-20)18(11-14)28-22(35)24-30-17-5-4-10-33(3)13-19(17)38-24/h7,9,12,14,16,18H,4-6,8,10-11,13H2,1-3H3,(H,28,35)(H,29,37)(H,27,31,34)/t14-,16-,18+/m0/s1. The first-order valence-corrected chi connectivity index (χ1v) is 13.8. The van der Waals surface area contributed by atoms with Crippen molar-refractivity contribution in [3.05, 3.63) is 39.7 Å². The average Bonchev–Trinajstić information content (AvgIpc) is 3.19. The number of pyridine rings is 1. The fraction of sp³-hybridized carbons (Fsp3) is 0.520. The van der Waals surface area contributed by atoms with Gasteiger partial charge in [0, 0.05) is 37.5 Å². The van der Waals surface area contributed by atoms with Crippen molar-refractivity contribution in [3.8, 4) is 0 Å². The molecule has 13 heteroatoms. The van der Waals surface area contributed by atoms with Crippen LogP contribution in [0, 0.1) is 11.7 Å². The number of thiocarbonyl (C=S) groups is 1. The molecule has 3 amide bonds. The van der Waals surface area contributed by atoms with Gasteiger partial charge in [0.05, 0.1) is 17.9 Å². The minimum atomic E-state index is -0.594. The monoisotopic (exact) mass is 561 g/mol. The van der Waals surface area contributed by atoms with Gasteiger partial charge in [0.25, 0.3) is 11.8 Å². The van der Waals surface area contributed by atoms with E-state index in [1.54, 1.807) is 19.0 Å². The van der Waals surface area contributed by atoms with E-state index < -0.39 is 17.8 Å². The van der Waals surface area contributed by atoms with E-state index in [1.165, 1.54) is 23.5 Å². The van der Waals surface area contributed by atoms with Gasteiger partial charge in [-0.05, 0) is 57.8 Å². The summed E-state index contributed by atoms with van der Waals surface area (Å²) in [5, 5.41) is 9.06. The zero-order chi connectivity index (χ0) is 27.4. The van der Waals surface area contributed by atoms with Crippen molar-refractivity contribution in [2.24, 2.45) is 5.92 Å². The van der Waals surface area contributed by atoms with Gasteiger partial charge in [-0.15, -0.1) is 11.3 Å². The molecular formula is C25H32FN7O3S2. The summed E-state index contributed by atoms with van der Waals surface area (Å²) in [4.78, 5) is 51.9. The Hall–Kier alpha value is -3.03. The van der Waals surface area contributed by atoms with Gasteiger partial charge >= 0.3 is 0 Å². The molecule has 3 N–H and O–H groups in total. The topological polar surface area (TPSA) is 120 Å². The molecule has 0 unspecified atom stereocenters. The number of carbonyl (C=O) groups is 3. The summed E-state index contributed by atoms with van der Waals surface area (Å²) in [5.41, 5.74) is 0.968. The first-order valence-electron chi connectivity index (χ1n) is 12.5. The second kappa shape index (κ2) is 12.2. The van der Waals surface area contributed by atoms with Crippen LogP contribution in [0.4, 0.5) is 10.2 Å². The Morgan fingerprint density at radius 2 is 1.97 bits per heavy atom. The van der Waals surface area contributed by atoms with Gasteiger partial charge in [0.1, 0.15) is 11.6 Å². The Kier molecular flexibility index (Phi) is 9.00. The Labute approximate surface area is 230 Å². The van der Waals surface area contributed by atoms with E-state index in [0.29, 0.717) is 24.3 Å². The van der Waals surface area contributed by atoms with Crippen molar-refractivity contribution in [2.75, 3.05) is 33.0 Å². The van der Waals surface area contributed by atoms with Crippen LogP contribution in [-0.4, -0.2) is 82.2 Å². The van der Waals surface area contributed by atoms with E-state index >= 15 is 0 Å². The molecule has 0 saturated heterocycles. The van der Waals surface area contributed by atoms with Gasteiger partial charge in [-0.1, -0.05) is 12.2 Å². The van der Waals surface area contributed by atoms with Crippen LogP contribution in [0.15, 0.2) is 18.3 Å². The lowest BCUT2D eigenvalue weighted by Gasteiger charge is -2.37. The Morgan fingerprint density at radius 1 is 1.18 bits per heavy atom. The van der Waals surface area contributed by atoms with E-state index in [-0.39, 0.29) is 34.6 Å². The van der Waals surface area contributed by atoms with Gasteiger partial charge in [0.15, 0.2) is 10.00 Å². The molecule has 38 heavy (non-hydrogen) atoms. The highest BCUT2D eigenvalue weighted by Crippen LogP contribution is 2.28. The predicted octanol–water partition coefficient (Wildman–Crippen LogP) is 1.97. The number of rotatable bonds is 5. The Morgan fingerprint density at radius 3 is 2.68 bits per heavy atom. The molecule has 10 nitrogen and oxygen atoms in total. The molecular weight excluding hydrogens is 529 g/mol. The zero-order valence-corrected chi connectivity index (χ0v) is 23.3. The number of aryl methyl sites for hydroxylation is 1. The fourth-order valence-corrected chi connectivity index (χ4v) is 6.11. The van der Waals surface area contributed by atoms with Crippen LogP contribution in [0.3, 0.4) is 0 Å². The number of aromatic nitrogens is 2. The third-order valence-electron chi connectivity index (χ3n) is 6.79. The molecule has 2 aliphatic rings. The molecule has 1 aliphatic heterocycles. The minimum Gasteiger partial charge on any atom is -0.367 e. The number of nitrogens with one attached hydrogen (secondary N) is 3. The number of hydrogen-bond acceptors (Lipinski definition) is 8. The van der Waals surface area contributed by atoms with Gasteiger partial charge in [-0.3, -0.25) is 14.4 Å². The van der Waals surface area contributed by atoms with Crippen LogP contribution in [0.5, 0.6) is 0 Å². The summed E-state index contributed by atoms with van der Waals surface area (Å²) in [6.45, 7) is 1.76. The summed E-state index contributed by atoms with van der Waals surface area (Å²) in [6.07, 6.45) is 4.33. The number of thiazole rings is 1. The number of carbonyl (C=O) groups excluding carboxylic acids is 3. The molecule has 0 aromatic carbocycles. The second-order valence-corrected chi connectivity index (χ2v) is 11.4. The van der Waals surface area contributed by atoms with E-state index in [1.807, 2.05) is 0 Å². The molecule has 1 saturated carbocycles. The Balaban J connectivity index is 1.46. The number of hydrogen-bond donors (Lipinski definition) is 3. The van der Waals surface area contributed by atoms with Gasteiger partial charge in [-0.25, -0.2) is 14.4 Å². The number of anilines is 1. The number of fused-ring (bicyclic) bond motifs is 1. The highest BCUT2D eigenvalue weighted by Gasteiger charge is 2.37. The maximum atomic E-state index is 13.3. The summed E-state index contributed by atoms with van der Waals surface area (Å²) in [6, 6.07) is 1.70. The molecule has 0 bridgehead atoms. The quantitative estimate of drug-likeness (QED) is 0.474. The highest BCUT2D eigenvalue weighted by atomic mass is 32.1. The van der Waals surface area contributed by atoms with Gasteiger partial charge in [0.2, 0.25) is 5.91 Å². The average molecular weight is 562 g/mol. The SMILES string of the molecule is CN1CCCc2nc(C(=O)N[C@@H]3C[C@@H](C(=O)N(C)C)CC[C@@H]3NC(=S)C(=O)Nc3ccc(F)cn3)sc2C1. The molecule has 3 atom stereocenters. The van der Waals surface area contributed by atoms with Crippen LogP contribution >= 0.6 is 23.6 Å². The third kappa shape index (κ3) is 6.88. The maximum Gasteiger partial charge on any atom is 0.284 e. The summed E-state index contributed by atoms with van der Waals surface area (Å²) in [7, 11) is 5.48. The lowest BCUT2D eigenvalue weighted by molar-refractivity contribution is -0.134. The van der Waals surface area contributed by atoms with Crippen LogP contribution < -0.4 is 16.0 Å². The lowest BCUT2D eigenvalue weighted by atomic mass is 9.81. The molecule has 4 rings (SSSR count). The molecule has 0 spiro atoms. The van der Waals surface area contributed by atoms with Crippen LogP contribution in [0.1, 0.15) is 46.1 Å². The predicted molar refractivity (Wildman–Crippen MR) is 146 cm³/mol. The molecule has 0 radical (unpaired) electrons. The van der Waals surface area contributed by atoms with Gasteiger partial charge in [-0.2, -0.15) is 0 Å². The first-order chi connectivity index (χ1) is 18.1. The molecule has 204 valence electrons. The normalized spacial score (nSPS) is 21.5. The highest BCUT2D eigenvalue weighted by molar-refractivity contribution is 7.82. The molecule has 1 aliphatic carbocycles. The smallest absolute Gasteiger partial charge is 0.284 e. The molecule has 3 heterocycles. The second-order valence-electron chi connectivity index (χ2n) is 9.95. The summed E-state index contributed by atoms with van der Waals surface area (Å²) < 4.78 is 13.1. The molecule has 1 fully saturated rings. The fourth-order valence-electron chi connectivity index (χ4n) is 4.82. The van der Waals surface area contributed by atoms with E-state index in [2.05, 4.69) is 37.9 Å². The summed E-state index contributed by atoms with van der Waals surface area (Å²) >= 11 is 6.72. The first kappa shape index (κ1) is 28.0. The van der Waals surface area contributed by atoms with Crippen molar-refractivity contribution >= 4 is 52.1 Å². The van der Waals surface area contributed by atoms with Gasteiger partial charge < -0.3 is 25.8 Å². The Bertz CT molecular complexity index is 1200. The van der Waals surface area contributed by atoms with Crippen LogP contribution in [0.2, 0.25) is 0 Å². The van der Waals surface area contributed by atoms with E-state index in [4.69, 9.17) is 12.2 Å². The largest absolute Gasteiger partial charge is 0.367 e. The maximum absolute atomic E-state index is 13.3. The van der Waals surface area contributed by atoms with E-state index in [9.17, 15) is 18.8 Å². The van der Waals surface area contributed by atoms with Crippen LogP contribution in [0.25, 0.3) is 0 Å². The van der Waals surface area contributed by atoms with Crippen molar-refractivity contribution in [3.63, 3.8) is 0 Å². The van der Waals surface area contributed by atoms with Crippen LogP contribution in [-0.2, 0) is 22.6 Å². The van der Waals surface area contributed by atoms with Crippen molar-refractivity contribution in [2.45, 2.75) is 50.7 Å².